The second-order valence-electron chi connectivity index (χ2n) is 4.40. The lowest BCUT2D eigenvalue weighted by molar-refractivity contribution is 0.364. The van der Waals surface area contributed by atoms with Gasteiger partial charge in [0, 0.05) is 28.6 Å². The summed E-state index contributed by atoms with van der Waals surface area (Å²) in [6, 6.07) is 1.52. The third kappa shape index (κ3) is 1.55. The Morgan fingerprint density at radius 2 is 2.19 bits per heavy atom. The summed E-state index contributed by atoms with van der Waals surface area (Å²) in [6.45, 7) is 2.50. The van der Waals surface area contributed by atoms with Crippen LogP contribution in [0.1, 0.15) is 24.0 Å². The molecule has 0 unspecified atom stereocenters. The van der Waals surface area contributed by atoms with Crippen LogP contribution >= 0.6 is 11.6 Å². The molecule has 3 N–H and O–H groups in total. The van der Waals surface area contributed by atoms with Crippen LogP contribution < -0.4 is 10.5 Å². The number of methoxy groups -OCH3 is 1. The van der Waals surface area contributed by atoms with Crippen molar-refractivity contribution in [3.63, 3.8) is 0 Å². The van der Waals surface area contributed by atoms with Crippen molar-refractivity contribution in [1.29, 1.82) is 0 Å². The Labute approximate surface area is 100 Å². The summed E-state index contributed by atoms with van der Waals surface area (Å²) in [6.07, 6.45) is 2.06. The van der Waals surface area contributed by atoms with Gasteiger partial charge in [0.1, 0.15) is 0 Å². The number of rotatable bonds is 3. The average molecular weight is 242 g/mol. The molecule has 0 spiro atoms. The minimum atomic E-state index is -0.0438. The van der Waals surface area contributed by atoms with Crippen LogP contribution in [-0.4, -0.2) is 18.8 Å². The van der Waals surface area contributed by atoms with E-state index in [1.54, 1.807) is 7.11 Å². The lowest BCUT2D eigenvalue weighted by Gasteiger charge is -2.21. The Morgan fingerprint density at radius 1 is 1.56 bits per heavy atom. The van der Waals surface area contributed by atoms with E-state index in [0.29, 0.717) is 17.3 Å². The molecule has 0 aromatic heterocycles. The third-order valence-corrected chi connectivity index (χ3v) is 3.83. The van der Waals surface area contributed by atoms with Gasteiger partial charge in [0.15, 0.2) is 11.5 Å². The lowest BCUT2D eigenvalue weighted by atomic mass is 9.90. The van der Waals surface area contributed by atoms with Gasteiger partial charge in [0.2, 0.25) is 0 Å². The number of hydrogen-bond donors (Lipinski definition) is 2. The van der Waals surface area contributed by atoms with Crippen LogP contribution in [0, 0.1) is 6.92 Å². The Kier molecular flexibility index (Phi) is 2.76. The fourth-order valence-electron chi connectivity index (χ4n) is 2.26. The first-order valence-electron chi connectivity index (χ1n) is 5.32. The molecule has 1 fully saturated rings. The second-order valence-corrected chi connectivity index (χ2v) is 4.80. The molecule has 0 saturated heterocycles. The van der Waals surface area contributed by atoms with Crippen molar-refractivity contribution in [2.45, 2.75) is 25.2 Å². The highest BCUT2D eigenvalue weighted by Gasteiger charge is 2.46. The van der Waals surface area contributed by atoms with Crippen LogP contribution in [-0.2, 0) is 5.41 Å². The molecule has 0 amide bonds. The Bertz CT molecular complexity index is 428. The minimum Gasteiger partial charge on any atom is -0.504 e. The molecule has 4 heteroatoms. The molecule has 2 rings (SSSR count). The topological polar surface area (TPSA) is 55.5 Å². The van der Waals surface area contributed by atoms with Gasteiger partial charge in [-0.15, -0.1) is 0 Å². The maximum atomic E-state index is 9.83. The van der Waals surface area contributed by atoms with Gasteiger partial charge >= 0.3 is 0 Å². The first-order valence-corrected chi connectivity index (χ1v) is 5.70. The zero-order valence-electron chi connectivity index (χ0n) is 9.51. The summed E-state index contributed by atoms with van der Waals surface area (Å²) in [5.74, 6) is 0.609. The van der Waals surface area contributed by atoms with Crippen molar-refractivity contribution < 1.29 is 9.84 Å². The number of phenolic OH excluding ortho intramolecular Hbond substituents is 1. The third-order valence-electron chi connectivity index (χ3n) is 3.44. The number of nitrogens with two attached hydrogens (primary N) is 1. The van der Waals surface area contributed by atoms with E-state index in [0.717, 1.165) is 24.0 Å². The van der Waals surface area contributed by atoms with Gasteiger partial charge in [-0.2, -0.15) is 0 Å². The fourth-order valence-corrected chi connectivity index (χ4v) is 2.46. The molecule has 0 atom stereocenters. The van der Waals surface area contributed by atoms with E-state index in [1.807, 2.05) is 6.92 Å². The molecule has 1 aromatic carbocycles. The van der Waals surface area contributed by atoms with E-state index in [-0.39, 0.29) is 11.2 Å². The molecule has 0 bridgehead atoms. The van der Waals surface area contributed by atoms with E-state index < -0.39 is 0 Å². The SMILES string of the molecule is COc1c(O)cc(Cl)c(C)c1C1(CN)CC1. The maximum Gasteiger partial charge on any atom is 0.164 e. The van der Waals surface area contributed by atoms with Gasteiger partial charge in [-0.25, -0.2) is 0 Å². The van der Waals surface area contributed by atoms with Gasteiger partial charge in [0.05, 0.1) is 7.11 Å². The number of phenols is 1. The zero-order valence-corrected chi connectivity index (χ0v) is 10.3. The number of halogens is 1. The van der Waals surface area contributed by atoms with Crippen molar-refractivity contribution in [1.82, 2.24) is 0 Å². The number of hydrogen-bond acceptors (Lipinski definition) is 3. The van der Waals surface area contributed by atoms with Crippen molar-refractivity contribution in [3.05, 3.63) is 22.2 Å². The van der Waals surface area contributed by atoms with Crippen molar-refractivity contribution in [3.8, 4) is 11.5 Å². The first kappa shape index (κ1) is 11.6. The van der Waals surface area contributed by atoms with Gasteiger partial charge in [-0.1, -0.05) is 11.6 Å². The normalized spacial score (nSPS) is 17.2. The first-order chi connectivity index (χ1) is 7.55. The van der Waals surface area contributed by atoms with Crippen molar-refractivity contribution in [2.24, 2.45) is 5.73 Å². The molecule has 16 heavy (non-hydrogen) atoms. The number of benzene rings is 1. The predicted molar refractivity (Wildman–Crippen MR) is 64.4 cm³/mol. The van der Waals surface area contributed by atoms with Gasteiger partial charge in [-0.05, 0) is 25.3 Å². The van der Waals surface area contributed by atoms with E-state index >= 15 is 0 Å². The second kappa shape index (κ2) is 3.82. The smallest absolute Gasteiger partial charge is 0.164 e. The van der Waals surface area contributed by atoms with Crippen molar-refractivity contribution >= 4 is 11.6 Å². The molecular formula is C12H16ClNO2. The predicted octanol–water partition coefficient (Wildman–Crippen LogP) is 2.35. The fraction of sp³-hybridized carbons (Fsp3) is 0.500. The molecule has 1 aliphatic rings. The number of aromatic hydroxyl groups is 1. The molecule has 1 aromatic rings. The average Bonchev–Trinajstić information content (AvgIpc) is 3.03. The molecule has 1 aliphatic carbocycles. The summed E-state index contributed by atoms with van der Waals surface area (Å²) >= 11 is 6.08. The molecule has 88 valence electrons. The van der Waals surface area contributed by atoms with Crippen LogP contribution in [0.5, 0.6) is 11.5 Å². The monoisotopic (exact) mass is 241 g/mol. The van der Waals surface area contributed by atoms with E-state index in [1.165, 1.54) is 6.07 Å². The molecular weight excluding hydrogens is 226 g/mol. The molecule has 0 aliphatic heterocycles. The van der Waals surface area contributed by atoms with E-state index in [9.17, 15) is 5.11 Å². The van der Waals surface area contributed by atoms with Crippen LogP contribution in [0.15, 0.2) is 6.07 Å². The maximum absolute atomic E-state index is 9.83. The summed E-state index contributed by atoms with van der Waals surface area (Å²) in [4.78, 5) is 0. The van der Waals surface area contributed by atoms with Gasteiger partial charge < -0.3 is 15.6 Å². The summed E-state index contributed by atoms with van der Waals surface area (Å²) in [7, 11) is 1.55. The molecule has 1 saturated carbocycles. The summed E-state index contributed by atoms with van der Waals surface area (Å²) < 4.78 is 5.28. The quantitative estimate of drug-likeness (QED) is 0.854. The van der Waals surface area contributed by atoms with E-state index in [2.05, 4.69) is 0 Å². The van der Waals surface area contributed by atoms with Gasteiger partial charge in [0.25, 0.3) is 0 Å². The van der Waals surface area contributed by atoms with Crippen LogP contribution in [0.3, 0.4) is 0 Å². The van der Waals surface area contributed by atoms with Crippen LogP contribution in [0.2, 0.25) is 5.02 Å². The molecule has 3 nitrogen and oxygen atoms in total. The van der Waals surface area contributed by atoms with Crippen LogP contribution in [0.25, 0.3) is 0 Å². The number of ether oxygens (including phenoxy) is 1. The highest BCUT2D eigenvalue weighted by Crippen LogP contribution is 2.54. The summed E-state index contributed by atoms with van der Waals surface area (Å²) in [5, 5.41) is 10.4. The molecule has 0 radical (unpaired) electrons. The minimum absolute atomic E-state index is 0.0438. The highest BCUT2D eigenvalue weighted by atomic mass is 35.5. The Hall–Kier alpha value is -0.930. The zero-order chi connectivity index (χ0) is 11.9. The molecule has 0 heterocycles. The van der Waals surface area contributed by atoms with Gasteiger partial charge in [-0.3, -0.25) is 0 Å². The Balaban J connectivity index is 2.66. The van der Waals surface area contributed by atoms with E-state index in [4.69, 9.17) is 22.1 Å². The largest absolute Gasteiger partial charge is 0.504 e. The lowest BCUT2D eigenvalue weighted by Crippen LogP contribution is -2.21. The Morgan fingerprint density at radius 3 is 2.62 bits per heavy atom. The highest BCUT2D eigenvalue weighted by molar-refractivity contribution is 6.31. The van der Waals surface area contributed by atoms with Crippen molar-refractivity contribution in [2.75, 3.05) is 13.7 Å². The standard InChI is InChI=1S/C12H16ClNO2/c1-7-8(13)5-9(15)11(16-2)10(7)12(6-14)3-4-12/h5,15H,3-4,6,14H2,1-2H3. The van der Waals surface area contributed by atoms with Crippen LogP contribution in [0.4, 0.5) is 0 Å². The summed E-state index contributed by atoms with van der Waals surface area (Å²) in [5.41, 5.74) is 7.70.